The lowest BCUT2D eigenvalue weighted by Crippen LogP contribution is -2.30. The Kier molecular flexibility index (Phi) is 5.81. The van der Waals surface area contributed by atoms with Crippen LogP contribution in [0.25, 0.3) is 0 Å². The van der Waals surface area contributed by atoms with E-state index in [1.165, 1.54) is 0 Å². The Balaban J connectivity index is 2.98. The summed E-state index contributed by atoms with van der Waals surface area (Å²) in [5.41, 5.74) is 6.84. The van der Waals surface area contributed by atoms with Crippen LogP contribution >= 0.6 is 0 Å². The maximum atomic E-state index is 12.4. The number of nitrogen functional groups attached to an aromatic ring is 1. The minimum atomic E-state index is -0.478. The number of hydrogen-bond donors (Lipinski definition) is 3. The highest BCUT2D eigenvalue weighted by Gasteiger charge is 2.26. The highest BCUT2D eigenvalue weighted by Crippen LogP contribution is 2.29. The average Bonchev–Trinajstić information content (AvgIpc) is 2.39. The number of anilines is 3. The predicted molar refractivity (Wildman–Crippen MR) is 96.3 cm³/mol. The molecular weight excluding hydrogens is 290 g/mol. The second-order valence-electron chi connectivity index (χ2n) is 7.78. The SMILES string of the molecule is CCC(C)(C)C(=O)Nc1ccc(N)cc1NC(=O)CC(C)(C)C. The molecule has 0 aliphatic rings. The van der Waals surface area contributed by atoms with Crippen molar-refractivity contribution in [2.45, 2.75) is 54.4 Å². The van der Waals surface area contributed by atoms with Crippen molar-refractivity contribution in [1.82, 2.24) is 0 Å². The molecule has 0 aliphatic carbocycles. The largest absolute Gasteiger partial charge is 0.399 e. The van der Waals surface area contributed by atoms with Crippen LogP contribution in [0.3, 0.4) is 0 Å². The quantitative estimate of drug-likeness (QED) is 0.717. The number of carbonyl (C=O) groups excluding carboxylic acids is 2. The zero-order valence-corrected chi connectivity index (χ0v) is 15.0. The summed E-state index contributed by atoms with van der Waals surface area (Å²) < 4.78 is 0. The van der Waals surface area contributed by atoms with Gasteiger partial charge in [0.25, 0.3) is 0 Å². The van der Waals surface area contributed by atoms with Gasteiger partial charge in [-0.1, -0.05) is 41.5 Å². The Hall–Kier alpha value is -2.04. The number of hydrogen-bond acceptors (Lipinski definition) is 3. The van der Waals surface area contributed by atoms with E-state index in [1.54, 1.807) is 18.2 Å². The van der Waals surface area contributed by atoms with Gasteiger partial charge in [-0.3, -0.25) is 9.59 Å². The molecule has 23 heavy (non-hydrogen) atoms. The highest BCUT2D eigenvalue weighted by molar-refractivity contribution is 6.01. The first kappa shape index (κ1) is 19.0. The number of nitrogens with one attached hydrogen (secondary N) is 2. The zero-order chi connectivity index (χ0) is 17.8. The van der Waals surface area contributed by atoms with Gasteiger partial charge in [-0.05, 0) is 30.0 Å². The minimum absolute atomic E-state index is 0.0870. The lowest BCUT2D eigenvalue weighted by atomic mass is 9.89. The van der Waals surface area contributed by atoms with Crippen LogP contribution in [0.1, 0.15) is 54.4 Å². The van der Waals surface area contributed by atoms with Crippen molar-refractivity contribution >= 4 is 28.9 Å². The lowest BCUT2D eigenvalue weighted by Gasteiger charge is -2.23. The van der Waals surface area contributed by atoms with Crippen molar-refractivity contribution in [2.75, 3.05) is 16.4 Å². The van der Waals surface area contributed by atoms with Gasteiger partial charge in [-0.25, -0.2) is 0 Å². The summed E-state index contributed by atoms with van der Waals surface area (Å²) in [6.45, 7) is 11.7. The van der Waals surface area contributed by atoms with E-state index in [9.17, 15) is 9.59 Å². The summed E-state index contributed by atoms with van der Waals surface area (Å²) in [5.74, 6) is -0.190. The highest BCUT2D eigenvalue weighted by atomic mass is 16.2. The molecule has 1 aromatic carbocycles. The molecule has 0 aliphatic heterocycles. The molecule has 0 bridgehead atoms. The van der Waals surface area contributed by atoms with Crippen LogP contribution in [0.2, 0.25) is 0 Å². The van der Waals surface area contributed by atoms with E-state index in [2.05, 4.69) is 10.6 Å². The number of rotatable bonds is 5. The smallest absolute Gasteiger partial charge is 0.230 e. The number of nitrogens with two attached hydrogens (primary N) is 1. The van der Waals surface area contributed by atoms with Gasteiger partial charge in [-0.15, -0.1) is 0 Å². The van der Waals surface area contributed by atoms with Gasteiger partial charge in [0.2, 0.25) is 11.8 Å². The Morgan fingerprint density at radius 1 is 1.04 bits per heavy atom. The Morgan fingerprint density at radius 2 is 1.65 bits per heavy atom. The number of carbonyl (C=O) groups is 2. The predicted octanol–water partition coefficient (Wildman–Crippen LogP) is 4.02. The van der Waals surface area contributed by atoms with E-state index in [-0.39, 0.29) is 17.2 Å². The van der Waals surface area contributed by atoms with Crippen molar-refractivity contribution in [3.8, 4) is 0 Å². The van der Waals surface area contributed by atoms with Crippen LogP contribution in [-0.4, -0.2) is 11.8 Å². The lowest BCUT2D eigenvalue weighted by molar-refractivity contribution is -0.124. The van der Waals surface area contributed by atoms with Gasteiger partial charge in [0.15, 0.2) is 0 Å². The minimum Gasteiger partial charge on any atom is -0.399 e. The second kappa shape index (κ2) is 7.02. The summed E-state index contributed by atoms with van der Waals surface area (Å²) >= 11 is 0. The first-order valence-corrected chi connectivity index (χ1v) is 7.95. The van der Waals surface area contributed by atoms with Crippen LogP contribution in [0.15, 0.2) is 18.2 Å². The summed E-state index contributed by atoms with van der Waals surface area (Å²) in [5, 5.41) is 5.74. The van der Waals surface area contributed by atoms with E-state index in [1.807, 2.05) is 41.5 Å². The maximum Gasteiger partial charge on any atom is 0.230 e. The molecule has 2 amide bonds. The van der Waals surface area contributed by atoms with E-state index in [0.29, 0.717) is 23.5 Å². The Morgan fingerprint density at radius 3 is 2.17 bits per heavy atom. The molecule has 1 rings (SSSR count). The molecule has 128 valence electrons. The molecule has 0 aromatic heterocycles. The van der Waals surface area contributed by atoms with Gasteiger partial charge in [0, 0.05) is 17.5 Å². The first-order valence-electron chi connectivity index (χ1n) is 7.95. The molecule has 5 heteroatoms. The van der Waals surface area contributed by atoms with Crippen molar-refractivity contribution in [1.29, 1.82) is 0 Å². The molecule has 4 N–H and O–H groups in total. The van der Waals surface area contributed by atoms with Crippen molar-refractivity contribution in [2.24, 2.45) is 10.8 Å². The van der Waals surface area contributed by atoms with Gasteiger partial charge >= 0.3 is 0 Å². The molecule has 0 atom stereocenters. The summed E-state index contributed by atoms with van der Waals surface area (Å²) in [7, 11) is 0. The van der Waals surface area contributed by atoms with Crippen LogP contribution in [-0.2, 0) is 9.59 Å². The third-order valence-electron chi connectivity index (χ3n) is 3.76. The van der Waals surface area contributed by atoms with E-state index < -0.39 is 5.41 Å². The molecule has 1 aromatic rings. The molecule has 5 nitrogen and oxygen atoms in total. The van der Waals surface area contributed by atoms with Crippen LogP contribution in [0.4, 0.5) is 17.1 Å². The van der Waals surface area contributed by atoms with Crippen LogP contribution in [0.5, 0.6) is 0 Å². The molecule has 0 fully saturated rings. The third kappa shape index (κ3) is 5.93. The Labute approximate surface area is 139 Å². The van der Waals surface area contributed by atoms with Crippen molar-refractivity contribution in [3.05, 3.63) is 18.2 Å². The fraction of sp³-hybridized carbons (Fsp3) is 0.556. The molecular formula is C18H29N3O2. The van der Waals surface area contributed by atoms with Crippen molar-refractivity contribution < 1.29 is 9.59 Å². The topological polar surface area (TPSA) is 84.2 Å². The van der Waals surface area contributed by atoms with Gasteiger partial charge in [0.05, 0.1) is 11.4 Å². The number of benzene rings is 1. The van der Waals surface area contributed by atoms with Gasteiger partial charge < -0.3 is 16.4 Å². The van der Waals surface area contributed by atoms with Crippen molar-refractivity contribution in [3.63, 3.8) is 0 Å². The van der Waals surface area contributed by atoms with Gasteiger partial charge in [-0.2, -0.15) is 0 Å². The molecule has 0 spiro atoms. The van der Waals surface area contributed by atoms with Crippen LogP contribution in [0, 0.1) is 10.8 Å². The average molecular weight is 319 g/mol. The summed E-state index contributed by atoms with van der Waals surface area (Å²) in [6, 6.07) is 5.08. The molecule has 0 unspecified atom stereocenters. The van der Waals surface area contributed by atoms with Crippen LogP contribution < -0.4 is 16.4 Å². The summed E-state index contributed by atoms with van der Waals surface area (Å²) in [6.07, 6.45) is 1.11. The number of amides is 2. The van der Waals surface area contributed by atoms with E-state index >= 15 is 0 Å². The monoisotopic (exact) mass is 319 g/mol. The zero-order valence-electron chi connectivity index (χ0n) is 15.0. The second-order valence-corrected chi connectivity index (χ2v) is 7.78. The molecule has 0 radical (unpaired) electrons. The fourth-order valence-electron chi connectivity index (χ4n) is 1.90. The third-order valence-corrected chi connectivity index (χ3v) is 3.76. The van der Waals surface area contributed by atoms with E-state index in [0.717, 1.165) is 6.42 Å². The maximum absolute atomic E-state index is 12.4. The van der Waals surface area contributed by atoms with E-state index in [4.69, 9.17) is 5.73 Å². The van der Waals surface area contributed by atoms with Gasteiger partial charge in [0.1, 0.15) is 0 Å². The molecule has 0 heterocycles. The molecule has 0 saturated heterocycles. The normalized spacial score (nSPS) is 11.9. The molecule has 0 saturated carbocycles. The Bertz CT molecular complexity index is 586. The standard InChI is InChI=1S/C18H29N3O2/c1-7-18(5,6)16(23)21-13-9-8-12(19)10-14(13)20-15(22)11-17(2,3)4/h8-10H,7,11,19H2,1-6H3,(H,20,22)(H,21,23). The summed E-state index contributed by atoms with van der Waals surface area (Å²) in [4.78, 5) is 24.5. The fourth-order valence-corrected chi connectivity index (χ4v) is 1.90. The first-order chi connectivity index (χ1) is 10.4.